The highest BCUT2D eigenvalue weighted by molar-refractivity contribution is 5.84. The summed E-state index contributed by atoms with van der Waals surface area (Å²) in [5.74, 6) is 0.885. The van der Waals surface area contributed by atoms with Gasteiger partial charge in [0, 0.05) is 11.8 Å². The summed E-state index contributed by atoms with van der Waals surface area (Å²) in [5.41, 5.74) is 7.43. The van der Waals surface area contributed by atoms with Gasteiger partial charge in [0.1, 0.15) is 5.75 Å². The van der Waals surface area contributed by atoms with Crippen LogP contribution >= 0.6 is 0 Å². The standard InChI is InChI=1S/C24H21NO/c1-26-22-14-12-18(13-15-22)16-21-17-25-24(20-10-6-3-7-11-20)23(21)19-8-4-2-5-9-19/h2-15,17,25H,16H2,1H3. The molecule has 0 aliphatic heterocycles. The first-order valence-electron chi connectivity index (χ1n) is 8.79. The predicted octanol–water partition coefficient (Wildman–Crippen LogP) is 5.95. The molecular weight excluding hydrogens is 318 g/mol. The molecule has 0 saturated heterocycles. The highest BCUT2D eigenvalue weighted by Gasteiger charge is 2.15. The van der Waals surface area contributed by atoms with Gasteiger partial charge in [-0.15, -0.1) is 0 Å². The molecule has 0 bridgehead atoms. The third-order valence-corrected chi connectivity index (χ3v) is 4.64. The van der Waals surface area contributed by atoms with Crippen LogP contribution in [0, 0.1) is 0 Å². The second-order valence-electron chi connectivity index (χ2n) is 6.32. The Balaban J connectivity index is 1.78. The average molecular weight is 339 g/mol. The van der Waals surface area contributed by atoms with E-state index in [1.807, 2.05) is 18.2 Å². The van der Waals surface area contributed by atoms with Crippen molar-refractivity contribution >= 4 is 0 Å². The molecule has 2 heteroatoms. The third-order valence-electron chi connectivity index (χ3n) is 4.64. The molecule has 1 heterocycles. The summed E-state index contributed by atoms with van der Waals surface area (Å²) in [5, 5.41) is 0. The maximum Gasteiger partial charge on any atom is 0.118 e. The van der Waals surface area contributed by atoms with E-state index in [4.69, 9.17) is 4.74 Å². The number of aromatic amines is 1. The minimum Gasteiger partial charge on any atom is -0.497 e. The Morgan fingerprint density at radius 1 is 0.731 bits per heavy atom. The summed E-state index contributed by atoms with van der Waals surface area (Å²) in [6.07, 6.45) is 3.01. The molecule has 26 heavy (non-hydrogen) atoms. The Kier molecular flexibility index (Phi) is 4.57. The number of methoxy groups -OCH3 is 1. The number of aromatic nitrogens is 1. The number of rotatable bonds is 5. The Morgan fingerprint density at radius 3 is 1.96 bits per heavy atom. The zero-order valence-corrected chi connectivity index (χ0v) is 14.8. The summed E-state index contributed by atoms with van der Waals surface area (Å²) < 4.78 is 5.27. The topological polar surface area (TPSA) is 25.0 Å². The van der Waals surface area contributed by atoms with E-state index in [2.05, 4.69) is 77.9 Å². The highest BCUT2D eigenvalue weighted by atomic mass is 16.5. The van der Waals surface area contributed by atoms with Crippen molar-refractivity contribution < 1.29 is 4.74 Å². The van der Waals surface area contributed by atoms with E-state index >= 15 is 0 Å². The van der Waals surface area contributed by atoms with Gasteiger partial charge in [-0.2, -0.15) is 0 Å². The van der Waals surface area contributed by atoms with Crippen LogP contribution in [-0.4, -0.2) is 12.1 Å². The second kappa shape index (κ2) is 7.32. The third kappa shape index (κ3) is 3.27. The van der Waals surface area contributed by atoms with Crippen LogP contribution in [0.1, 0.15) is 11.1 Å². The van der Waals surface area contributed by atoms with Crippen LogP contribution in [0.3, 0.4) is 0 Å². The van der Waals surface area contributed by atoms with Crippen molar-refractivity contribution in [2.75, 3.05) is 7.11 Å². The first-order chi connectivity index (χ1) is 12.8. The number of hydrogen-bond donors (Lipinski definition) is 1. The number of hydrogen-bond acceptors (Lipinski definition) is 1. The molecular formula is C24H21NO. The lowest BCUT2D eigenvalue weighted by Gasteiger charge is -2.09. The van der Waals surface area contributed by atoms with Crippen molar-refractivity contribution in [3.8, 4) is 28.1 Å². The lowest BCUT2D eigenvalue weighted by molar-refractivity contribution is 0.414. The van der Waals surface area contributed by atoms with Gasteiger partial charge >= 0.3 is 0 Å². The van der Waals surface area contributed by atoms with E-state index in [0.717, 1.165) is 12.2 Å². The minimum atomic E-state index is 0.873. The highest BCUT2D eigenvalue weighted by Crippen LogP contribution is 2.35. The van der Waals surface area contributed by atoms with Crippen molar-refractivity contribution in [2.45, 2.75) is 6.42 Å². The molecule has 4 aromatic rings. The maximum absolute atomic E-state index is 5.27. The van der Waals surface area contributed by atoms with Gasteiger partial charge in [0.15, 0.2) is 0 Å². The van der Waals surface area contributed by atoms with E-state index < -0.39 is 0 Å². The smallest absolute Gasteiger partial charge is 0.118 e. The molecule has 0 atom stereocenters. The number of benzene rings is 3. The van der Waals surface area contributed by atoms with Crippen molar-refractivity contribution in [3.63, 3.8) is 0 Å². The van der Waals surface area contributed by atoms with E-state index in [0.29, 0.717) is 0 Å². The van der Waals surface area contributed by atoms with Gasteiger partial charge in [0.2, 0.25) is 0 Å². The van der Waals surface area contributed by atoms with Crippen molar-refractivity contribution in [2.24, 2.45) is 0 Å². The summed E-state index contributed by atoms with van der Waals surface area (Å²) >= 11 is 0. The van der Waals surface area contributed by atoms with Crippen LogP contribution in [0.5, 0.6) is 5.75 Å². The van der Waals surface area contributed by atoms with E-state index in [1.165, 1.54) is 33.5 Å². The first-order valence-corrected chi connectivity index (χ1v) is 8.79. The summed E-state index contributed by atoms with van der Waals surface area (Å²) in [4.78, 5) is 3.51. The lowest BCUT2D eigenvalue weighted by atomic mass is 9.94. The molecule has 0 amide bonds. The first kappa shape index (κ1) is 16.2. The van der Waals surface area contributed by atoms with Gasteiger partial charge in [-0.05, 0) is 40.8 Å². The summed E-state index contributed by atoms with van der Waals surface area (Å²) in [6, 6.07) is 29.4. The average Bonchev–Trinajstić information content (AvgIpc) is 3.13. The van der Waals surface area contributed by atoms with Gasteiger partial charge in [0.25, 0.3) is 0 Å². The Hall–Kier alpha value is -3.26. The summed E-state index contributed by atoms with van der Waals surface area (Å²) in [7, 11) is 1.70. The zero-order valence-electron chi connectivity index (χ0n) is 14.8. The zero-order chi connectivity index (χ0) is 17.8. The summed E-state index contributed by atoms with van der Waals surface area (Å²) in [6.45, 7) is 0. The molecule has 1 aromatic heterocycles. The minimum absolute atomic E-state index is 0.873. The van der Waals surface area contributed by atoms with Crippen molar-refractivity contribution in [1.29, 1.82) is 0 Å². The second-order valence-corrected chi connectivity index (χ2v) is 6.32. The van der Waals surface area contributed by atoms with Gasteiger partial charge in [-0.3, -0.25) is 0 Å². The van der Waals surface area contributed by atoms with Crippen molar-refractivity contribution in [1.82, 2.24) is 4.98 Å². The molecule has 3 aromatic carbocycles. The Labute approximate surface area is 154 Å². The molecule has 1 N–H and O–H groups in total. The lowest BCUT2D eigenvalue weighted by Crippen LogP contribution is -1.91. The molecule has 4 rings (SSSR count). The molecule has 0 unspecified atom stereocenters. The van der Waals surface area contributed by atoms with Gasteiger partial charge in [-0.25, -0.2) is 0 Å². The fourth-order valence-corrected chi connectivity index (χ4v) is 3.33. The Bertz CT molecular complexity index is 970. The van der Waals surface area contributed by atoms with E-state index in [-0.39, 0.29) is 0 Å². The van der Waals surface area contributed by atoms with E-state index in [9.17, 15) is 0 Å². The fourth-order valence-electron chi connectivity index (χ4n) is 3.33. The van der Waals surface area contributed by atoms with Crippen LogP contribution in [0.25, 0.3) is 22.4 Å². The normalized spacial score (nSPS) is 10.7. The maximum atomic E-state index is 5.27. The van der Waals surface area contributed by atoms with Crippen LogP contribution in [0.15, 0.2) is 91.1 Å². The molecule has 128 valence electrons. The van der Waals surface area contributed by atoms with Gasteiger partial charge < -0.3 is 9.72 Å². The molecule has 0 fully saturated rings. The molecule has 0 aliphatic carbocycles. The molecule has 0 aliphatic rings. The SMILES string of the molecule is COc1ccc(Cc2c[nH]c(-c3ccccc3)c2-c2ccccc2)cc1. The molecule has 2 nitrogen and oxygen atoms in total. The monoisotopic (exact) mass is 339 g/mol. The van der Waals surface area contributed by atoms with Crippen molar-refractivity contribution in [3.05, 3.63) is 102 Å². The largest absolute Gasteiger partial charge is 0.497 e. The molecule has 0 radical (unpaired) electrons. The van der Waals surface area contributed by atoms with Crippen LogP contribution < -0.4 is 4.74 Å². The molecule has 0 spiro atoms. The number of ether oxygens (including phenoxy) is 1. The molecule has 0 saturated carbocycles. The van der Waals surface area contributed by atoms with Gasteiger partial charge in [0.05, 0.1) is 12.8 Å². The van der Waals surface area contributed by atoms with Crippen LogP contribution in [0.4, 0.5) is 0 Å². The quantitative estimate of drug-likeness (QED) is 0.477. The van der Waals surface area contributed by atoms with Gasteiger partial charge in [-0.1, -0.05) is 72.8 Å². The number of H-pyrrole nitrogens is 1. The van der Waals surface area contributed by atoms with Crippen LogP contribution in [0.2, 0.25) is 0 Å². The van der Waals surface area contributed by atoms with Crippen LogP contribution in [-0.2, 0) is 6.42 Å². The predicted molar refractivity (Wildman–Crippen MR) is 107 cm³/mol. The Morgan fingerprint density at radius 2 is 1.35 bits per heavy atom. The number of nitrogens with one attached hydrogen (secondary N) is 1. The fraction of sp³-hybridized carbons (Fsp3) is 0.0833. The van der Waals surface area contributed by atoms with E-state index in [1.54, 1.807) is 7.11 Å².